The number of rotatable bonds is 0. The molecule has 2 rings (SSSR count). The SMILES string of the molecule is CC1OCCC12NC(=S)NC2=O. The molecule has 0 aromatic rings. The minimum atomic E-state index is -0.586. The number of thiocarbonyl (C=S) groups is 1. The third-order valence-electron chi connectivity index (χ3n) is 2.53. The molecule has 0 saturated carbocycles. The zero-order valence-electron chi connectivity index (χ0n) is 6.72. The van der Waals surface area contributed by atoms with Gasteiger partial charge in [0, 0.05) is 13.0 Å². The first-order chi connectivity index (χ1) is 5.65. The van der Waals surface area contributed by atoms with Gasteiger partial charge in [0.15, 0.2) is 5.11 Å². The average Bonchev–Trinajstić information content (AvgIpc) is 2.44. The van der Waals surface area contributed by atoms with Crippen LogP contribution in [0.25, 0.3) is 0 Å². The van der Waals surface area contributed by atoms with E-state index in [1.54, 1.807) is 0 Å². The summed E-state index contributed by atoms with van der Waals surface area (Å²) in [5, 5.41) is 5.97. The fourth-order valence-electron chi connectivity index (χ4n) is 1.71. The van der Waals surface area contributed by atoms with Crippen LogP contribution in [0.15, 0.2) is 0 Å². The maximum Gasteiger partial charge on any atom is 0.254 e. The molecule has 0 bridgehead atoms. The number of carbonyl (C=O) groups is 1. The summed E-state index contributed by atoms with van der Waals surface area (Å²) in [4.78, 5) is 11.5. The summed E-state index contributed by atoms with van der Waals surface area (Å²) in [7, 11) is 0. The second-order valence-electron chi connectivity index (χ2n) is 3.14. The molecule has 66 valence electrons. The van der Waals surface area contributed by atoms with Gasteiger partial charge in [-0.1, -0.05) is 0 Å². The van der Waals surface area contributed by atoms with Crippen LogP contribution in [-0.4, -0.2) is 29.3 Å². The Morgan fingerprint density at radius 2 is 2.50 bits per heavy atom. The minimum Gasteiger partial charge on any atom is -0.375 e. The van der Waals surface area contributed by atoms with E-state index in [2.05, 4.69) is 10.6 Å². The number of hydrogen-bond acceptors (Lipinski definition) is 3. The van der Waals surface area contributed by atoms with E-state index in [0.717, 1.165) is 0 Å². The van der Waals surface area contributed by atoms with Crippen LogP contribution < -0.4 is 10.6 Å². The standard InChI is InChI=1S/C7H10N2O2S/c1-4-7(2-3-11-4)5(10)8-6(12)9-7/h4H,2-3H2,1H3,(H2,8,9,10,12). The van der Waals surface area contributed by atoms with Crippen molar-refractivity contribution in [2.45, 2.75) is 25.0 Å². The number of carbonyl (C=O) groups excluding carboxylic acids is 1. The lowest BCUT2D eigenvalue weighted by Gasteiger charge is -2.23. The fraction of sp³-hybridized carbons (Fsp3) is 0.714. The zero-order chi connectivity index (χ0) is 8.77. The Kier molecular flexibility index (Phi) is 1.59. The van der Waals surface area contributed by atoms with Gasteiger partial charge in [-0.05, 0) is 19.1 Å². The molecule has 4 nitrogen and oxygen atoms in total. The van der Waals surface area contributed by atoms with Crippen molar-refractivity contribution in [2.24, 2.45) is 0 Å². The summed E-state index contributed by atoms with van der Waals surface area (Å²) in [6.07, 6.45) is 0.595. The minimum absolute atomic E-state index is 0.0579. The van der Waals surface area contributed by atoms with Crippen LogP contribution in [-0.2, 0) is 9.53 Å². The van der Waals surface area contributed by atoms with Crippen LogP contribution in [0, 0.1) is 0 Å². The van der Waals surface area contributed by atoms with Crippen molar-refractivity contribution in [3.05, 3.63) is 0 Å². The Hall–Kier alpha value is -0.680. The van der Waals surface area contributed by atoms with Gasteiger partial charge in [0.2, 0.25) is 0 Å². The van der Waals surface area contributed by atoms with Gasteiger partial charge in [-0.25, -0.2) is 0 Å². The second-order valence-corrected chi connectivity index (χ2v) is 3.55. The first-order valence-corrected chi connectivity index (χ1v) is 4.31. The van der Waals surface area contributed by atoms with Crippen molar-refractivity contribution in [1.82, 2.24) is 10.6 Å². The Morgan fingerprint density at radius 1 is 1.75 bits per heavy atom. The van der Waals surface area contributed by atoms with E-state index in [4.69, 9.17) is 17.0 Å². The Bertz CT molecular complexity index is 256. The molecule has 2 fully saturated rings. The van der Waals surface area contributed by atoms with Gasteiger partial charge in [0.25, 0.3) is 5.91 Å². The molecule has 1 spiro atoms. The topological polar surface area (TPSA) is 50.4 Å². The highest BCUT2D eigenvalue weighted by Crippen LogP contribution is 2.28. The Morgan fingerprint density at radius 3 is 2.92 bits per heavy atom. The van der Waals surface area contributed by atoms with Gasteiger partial charge in [-0.3, -0.25) is 4.79 Å². The van der Waals surface area contributed by atoms with Crippen LogP contribution in [0.3, 0.4) is 0 Å². The van der Waals surface area contributed by atoms with Crippen molar-refractivity contribution in [3.63, 3.8) is 0 Å². The van der Waals surface area contributed by atoms with Gasteiger partial charge in [-0.2, -0.15) is 0 Å². The quantitative estimate of drug-likeness (QED) is 0.503. The molecule has 2 saturated heterocycles. The molecule has 5 heteroatoms. The molecular formula is C7H10N2O2S. The first kappa shape index (κ1) is 7.94. The lowest BCUT2D eigenvalue weighted by Crippen LogP contribution is -2.52. The Labute approximate surface area is 75.7 Å². The van der Waals surface area contributed by atoms with Crippen LogP contribution >= 0.6 is 12.2 Å². The number of nitrogens with one attached hydrogen (secondary N) is 2. The molecule has 2 atom stereocenters. The van der Waals surface area contributed by atoms with E-state index < -0.39 is 5.54 Å². The highest BCUT2D eigenvalue weighted by molar-refractivity contribution is 7.80. The molecular weight excluding hydrogens is 176 g/mol. The molecule has 0 aromatic heterocycles. The molecule has 12 heavy (non-hydrogen) atoms. The molecule has 2 heterocycles. The number of hydrogen-bond donors (Lipinski definition) is 2. The summed E-state index contributed by atoms with van der Waals surface area (Å²) in [6, 6.07) is 0. The monoisotopic (exact) mass is 186 g/mol. The van der Waals surface area contributed by atoms with Crippen molar-refractivity contribution in [2.75, 3.05) is 6.61 Å². The highest BCUT2D eigenvalue weighted by atomic mass is 32.1. The van der Waals surface area contributed by atoms with Crippen molar-refractivity contribution >= 4 is 23.2 Å². The molecule has 0 radical (unpaired) electrons. The Balaban J connectivity index is 2.31. The second kappa shape index (κ2) is 2.40. The number of amides is 1. The maximum atomic E-state index is 11.5. The normalized spacial score (nSPS) is 40.2. The largest absolute Gasteiger partial charge is 0.375 e. The molecule has 0 aromatic carbocycles. The van der Waals surface area contributed by atoms with Crippen LogP contribution in [0.5, 0.6) is 0 Å². The fourth-order valence-corrected chi connectivity index (χ4v) is 1.98. The predicted octanol–water partition coefficient (Wildman–Crippen LogP) is -0.462. The van der Waals surface area contributed by atoms with E-state index in [-0.39, 0.29) is 12.0 Å². The van der Waals surface area contributed by atoms with Crippen LogP contribution in [0.4, 0.5) is 0 Å². The van der Waals surface area contributed by atoms with E-state index in [1.807, 2.05) is 6.92 Å². The van der Waals surface area contributed by atoms with E-state index in [1.165, 1.54) is 0 Å². The molecule has 1 amide bonds. The van der Waals surface area contributed by atoms with Gasteiger partial charge >= 0.3 is 0 Å². The lowest BCUT2D eigenvalue weighted by molar-refractivity contribution is -0.125. The first-order valence-electron chi connectivity index (χ1n) is 3.90. The average molecular weight is 186 g/mol. The molecule has 2 N–H and O–H groups in total. The van der Waals surface area contributed by atoms with E-state index in [9.17, 15) is 4.79 Å². The predicted molar refractivity (Wildman–Crippen MR) is 46.6 cm³/mol. The van der Waals surface area contributed by atoms with Crippen LogP contribution in [0.1, 0.15) is 13.3 Å². The summed E-state index contributed by atoms with van der Waals surface area (Å²) in [5.41, 5.74) is -0.586. The van der Waals surface area contributed by atoms with Crippen molar-refractivity contribution in [3.8, 4) is 0 Å². The van der Waals surface area contributed by atoms with Gasteiger partial charge in [-0.15, -0.1) is 0 Å². The van der Waals surface area contributed by atoms with Crippen molar-refractivity contribution in [1.29, 1.82) is 0 Å². The van der Waals surface area contributed by atoms with Gasteiger partial charge < -0.3 is 15.4 Å². The smallest absolute Gasteiger partial charge is 0.254 e. The number of ether oxygens (including phenoxy) is 1. The zero-order valence-corrected chi connectivity index (χ0v) is 7.53. The highest BCUT2D eigenvalue weighted by Gasteiger charge is 2.52. The van der Waals surface area contributed by atoms with Gasteiger partial charge in [0.05, 0.1) is 6.10 Å². The lowest BCUT2D eigenvalue weighted by atomic mass is 9.93. The molecule has 2 aliphatic heterocycles. The summed E-state index contributed by atoms with van der Waals surface area (Å²) < 4.78 is 5.33. The van der Waals surface area contributed by atoms with E-state index in [0.29, 0.717) is 18.1 Å². The summed E-state index contributed by atoms with van der Waals surface area (Å²) >= 11 is 4.86. The third-order valence-corrected chi connectivity index (χ3v) is 2.73. The van der Waals surface area contributed by atoms with E-state index >= 15 is 0 Å². The van der Waals surface area contributed by atoms with Crippen molar-refractivity contribution < 1.29 is 9.53 Å². The van der Waals surface area contributed by atoms with Crippen LogP contribution in [0.2, 0.25) is 0 Å². The molecule has 0 aliphatic carbocycles. The molecule has 2 aliphatic rings. The third kappa shape index (κ3) is 0.864. The molecule has 2 unspecified atom stereocenters. The van der Waals surface area contributed by atoms with Gasteiger partial charge in [0.1, 0.15) is 5.54 Å². The maximum absolute atomic E-state index is 11.5. The summed E-state index contributed by atoms with van der Waals surface area (Å²) in [5.74, 6) is -0.0579. The summed E-state index contributed by atoms with van der Waals surface area (Å²) in [6.45, 7) is 2.50.